The molecule has 2 rings (SSSR count). The number of nitrogens with one attached hydrogen (secondary N) is 1. The molecule has 0 saturated carbocycles. The van der Waals surface area contributed by atoms with Gasteiger partial charge in [-0.05, 0) is 25.5 Å². The Bertz CT molecular complexity index is 831. The van der Waals surface area contributed by atoms with Gasteiger partial charge < -0.3 is 5.32 Å². The average Bonchev–Trinajstić information content (AvgIpc) is 3.07. The second-order valence-corrected chi connectivity index (χ2v) is 8.34. The average molecular weight is 381 g/mol. The molecule has 0 unspecified atom stereocenters. The van der Waals surface area contributed by atoms with E-state index in [1.807, 2.05) is 0 Å². The number of anilines is 1. The van der Waals surface area contributed by atoms with Crippen molar-refractivity contribution in [1.82, 2.24) is 9.29 Å². The molecule has 25 heavy (non-hydrogen) atoms. The Hall–Kier alpha value is -2.10. The van der Waals surface area contributed by atoms with Gasteiger partial charge in [-0.15, -0.1) is 11.3 Å². The highest BCUT2D eigenvalue weighted by atomic mass is 32.2. The Balaban J connectivity index is 1.89. The summed E-state index contributed by atoms with van der Waals surface area (Å²) in [6.07, 6.45) is 2.18. The third kappa shape index (κ3) is 5.18. The van der Waals surface area contributed by atoms with Crippen LogP contribution in [0.1, 0.15) is 30.1 Å². The van der Waals surface area contributed by atoms with E-state index in [1.165, 1.54) is 53.9 Å². The molecule has 0 radical (unpaired) electrons. The Labute approximate surface area is 150 Å². The molecule has 1 amide bonds. The van der Waals surface area contributed by atoms with Crippen molar-refractivity contribution in [2.75, 3.05) is 18.9 Å². The zero-order valence-electron chi connectivity index (χ0n) is 13.9. The Kier molecular flexibility index (Phi) is 6.40. The van der Waals surface area contributed by atoms with E-state index in [2.05, 4.69) is 10.3 Å². The predicted octanol–water partition coefficient (Wildman–Crippen LogP) is 2.39. The molecule has 0 saturated heterocycles. The van der Waals surface area contributed by atoms with E-state index in [0.717, 1.165) is 0 Å². The van der Waals surface area contributed by atoms with E-state index in [-0.39, 0.29) is 29.6 Å². The van der Waals surface area contributed by atoms with E-state index < -0.39 is 10.0 Å². The lowest BCUT2D eigenvalue weighted by Gasteiger charge is -2.17. The fraction of sp³-hybridized carbons (Fsp3) is 0.312. The first kappa shape index (κ1) is 19.2. The largest absolute Gasteiger partial charge is 0.302 e. The van der Waals surface area contributed by atoms with Gasteiger partial charge in [0.1, 0.15) is 0 Å². The van der Waals surface area contributed by atoms with E-state index in [0.29, 0.717) is 17.1 Å². The van der Waals surface area contributed by atoms with Crippen LogP contribution in [0.25, 0.3) is 0 Å². The number of nitrogens with zero attached hydrogens (tertiary/aromatic N) is 2. The number of Topliss-reactive ketones (excluding diaryl/α,β-unsaturated/α-hetero) is 1. The van der Waals surface area contributed by atoms with Crippen LogP contribution < -0.4 is 5.32 Å². The molecular formula is C16H19N3O4S2. The number of sulfonamides is 1. The highest BCUT2D eigenvalue weighted by Gasteiger charge is 2.20. The summed E-state index contributed by atoms with van der Waals surface area (Å²) in [5.74, 6) is -0.324. The lowest BCUT2D eigenvalue weighted by molar-refractivity contribution is -0.116. The van der Waals surface area contributed by atoms with Crippen molar-refractivity contribution in [2.24, 2.45) is 0 Å². The summed E-state index contributed by atoms with van der Waals surface area (Å²) < 4.78 is 26.2. The van der Waals surface area contributed by atoms with Crippen molar-refractivity contribution in [3.8, 4) is 0 Å². The second kappa shape index (κ2) is 8.32. The standard InChI is InChI=1S/C16H19N3O4S2/c1-12(20)13-5-7-14(8-6-13)25(22,23)19(2)10-3-4-15(21)18-16-17-9-11-24-16/h5-9,11H,3-4,10H2,1-2H3,(H,17,18,21). The van der Waals surface area contributed by atoms with Gasteiger partial charge in [0.25, 0.3) is 0 Å². The van der Waals surface area contributed by atoms with Crippen molar-refractivity contribution in [3.05, 3.63) is 41.4 Å². The Morgan fingerprint density at radius 3 is 2.48 bits per heavy atom. The monoisotopic (exact) mass is 381 g/mol. The molecule has 1 aromatic carbocycles. The van der Waals surface area contributed by atoms with Crippen LogP contribution >= 0.6 is 11.3 Å². The van der Waals surface area contributed by atoms with Gasteiger partial charge in [0, 0.05) is 37.2 Å². The number of amides is 1. The second-order valence-electron chi connectivity index (χ2n) is 5.40. The van der Waals surface area contributed by atoms with Crippen molar-refractivity contribution >= 4 is 38.2 Å². The van der Waals surface area contributed by atoms with E-state index in [9.17, 15) is 18.0 Å². The van der Waals surface area contributed by atoms with Crippen molar-refractivity contribution in [3.63, 3.8) is 0 Å². The van der Waals surface area contributed by atoms with Crippen molar-refractivity contribution < 1.29 is 18.0 Å². The van der Waals surface area contributed by atoms with E-state index in [4.69, 9.17) is 0 Å². The molecule has 0 aliphatic rings. The predicted molar refractivity (Wildman–Crippen MR) is 96.2 cm³/mol. The smallest absolute Gasteiger partial charge is 0.242 e. The summed E-state index contributed by atoms with van der Waals surface area (Å²) in [5.41, 5.74) is 0.459. The molecule has 0 aliphatic carbocycles. The van der Waals surface area contributed by atoms with Gasteiger partial charge in [-0.1, -0.05) is 12.1 Å². The zero-order valence-corrected chi connectivity index (χ0v) is 15.6. The zero-order chi connectivity index (χ0) is 18.4. The normalized spacial score (nSPS) is 11.5. The van der Waals surface area contributed by atoms with Crippen LogP contribution in [-0.2, 0) is 14.8 Å². The summed E-state index contributed by atoms with van der Waals surface area (Å²) in [6, 6.07) is 5.81. The molecule has 7 nitrogen and oxygen atoms in total. The fourth-order valence-corrected chi connectivity index (χ4v) is 3.85. The number of benzene rings is 1. The van der Waals surface area contributed by atoms with Gasteiger partial charge in [-0.3, -0.25) is 9.59 Å². The van der Waals surface area contributed by atoms with Crippen LogP contribution in [0, 0.1) is 0 Å². The van der Waals surface area contributed by atoms with Crippen LogP contribution in [0.15, 0.2) is 40.7 Å². The number of aromatic nitrogens is 1. The fourth-order valence-electron chi connectivity index (χ4n) is 2.09. The molecule has 0 fully saturated rings. The van der Waals surface area contributed by atoms with E-state index >= 15 is 0 Å². The third-order valence-corrected chi connectivity index (χ3v) is 6.08. The van der Waals surface area contributed by atoms with Crippen LogP contribution in [-0.4, -0.2) is 43.0 Å². The van der Waals surface area contributed by atoms with Crippen LogP contribution in [0.2, 0.25) is 0 Å². The number of carbonyl (C=O) groups excluding carboxylic acids is 2. The molecule has 1 N–H and O–H groups in total. The first-order chi connectivity index (χ1) is 11.8. The minimum Gasteiger partial charge on any atom is -0.302 e. The summed E-state index contributed by atoms with van der Waals surface area (Å²) >= 11 is 1.32. The van der Waals surface area contributed by atoms with Gasteiger partial charge in [-0.25, -0.2) is 17.7 Å². The summed E-state index contributed by atoms with van der Waals surface area (Å²) in [5, 5.41) is 4.93. The highest BCUT2D eigenvalue weighted by Crippen LogP contribution is 2.16. The first-order valence-electron chi connectivity index (χ1n) is 7.57. The lowest BCUT2D eigenvalue weighted by Crippen LogP contribution is -2.28. The van der Waals surface area contributed by atoms with E-state index in [1.54, 1.807) is 11.6 Å². The molecular weight excluding hydrogens is 362 g/mol. The first-order valence-corrected chi connectivity index (χ1v) is 9.89. The summed E-state index contributed by atoms with van der Waals surface area (Å²) in [6.45, 7) is 1.63. The molecule has 0 aliphatic heterocycles. The molecule has 1 aromatic heterocycles. The van der Waals surface area contributed by atoms with Gasteiger partial charge in [0.2, 0.25) is 15.9 Å². The Morgan fingerprint density at radius 2 is 1.92 bits per heavy atom. The minimum absolute atomic E-state index is 0.118. The molecule has 9 heteroatoms. The van der Waals surface area contributed by atoms with Crippen LogP contribution in [0.5, 0.6) is 0 Å². The molecule has 0 bridgehead atoms. The molecule has 0 spiro atoms. The molecule has 2 aromatic rings. The van der Waals surface area contributed by atoms with Gasteiger partial charge in [-0.2, -0.15) is 0 Å². The number of ketones is 1. The van der Waals surface area contributed by atoms with Crippen molar-refractivity contribution in [1.29, 1.82) is 0 Å². The maximum Gasteiger partial charge on any atom is 0.242 e. The molecule has 1 heterocycles. The van der Waals surface area contributed by atoms with Crippen LogP contribution in [0.3, 0.4) is 0 Å². The van der Waals surface area contributed by atoms with Gasteiger partial charge in [0.05, 0.1) is 4.90 Å². The third-order valence-electron chi connectivity index (χ3n) is 3.52. The number of carbonyl (C=O) groups is 2. The summed E-state index contributed by atoms with van der Waals surface area (Å²) in [7, 11) is -2.18. The maximum absolute atomic E-state index is 12.5. The molecule has 0 atom stereocenters. The Morgan fingerprint density at radius 1 is 1.24 bits per heavy atom. The van der Waals surface area contributed by atoms with Gasteiger partial charge in [0.15, 0.2) is 10.9 Å². The minimum atomic E-state index is -3.65. The molecule has 134 valence electrons. The SMILES string of the molecule is CC(=O)c1ccc(S(=O)(=O)N(C)CCCC(=O)Nc2nccs2)cc1. The lowest BCUT2D eigenvalue weighted by atomic mass is 10.2. The number of thiazole rings is 1. The van der Waals surface area contributed by atoms with Crippen molar-refractivity contribution in [2.45, 2.75) is 24.7 Å². The maximum atomic E-state index is 12.5. The number of hydrogen-bond donors (Lipinski definition) is 1. The number of hydrogen-bond acceptors (Lipinski definition) is 6. The quantitative estimate of drug-likeness (QED) is 0.708. The highest BCUT2D eigenvalue weighted by molar-refractivity contribution is 7.89. The topological polar surface area (TPSA) is 96.4 Å². The summed E-state index contributed by atoms with van der Waals surface area (Å²) in [4.78, 5) is 27.1. The van der Waals surface area contributed by atoms with Gasteiger partial charge >= 0.3 is 0 Å². The van der Waals surface area contributed by atoms with Crippen LogP contribution in [0.4, 0.5) is 5.13 Å². The number of rotatable bonds is 8.